The molecule has 1 aliphatic rings. The monoisotopic (exact) mass is 384 g/mol. The second-order valence-corrected chi connectivity index (χ2v) is 7.33. The van der Waals surface area contributed by atoms with Crippen molar-refractivity contribution < 1.29 is 0 Å². The molecule has 0 amide bonds. The fraction of sp³-hybridized carbons (Fsp3) is 0.333. The molecule has 3 rings (SSSR count). The number of nitrogens with zero attached hydrogens (tertiary/aromatic N) is 2. The SMILES string of the molecule is Cc1cc(N2CCN(C/C=C/c3ccccc3C)CC2)ccc1Br. The first-order valence-electron chi connectivity index (χ1n) is 8.59. The number of anilines is 1. The number of aryl methyl sites for hydroxylation is 2. The van der Waals surface area contributed by atoms with Gasteiger partial charge in [0, 0.05) is 42.9 Å². The lowest BCUT2D eigenvalue weighted by atomic mass is 10.1. The molecule has 1 fully saturated rings. The summed E-state index contributed by atoms with van der Waals surface area (Å²) in [6, 6.07) is 15.2. The van der Waals surface area contributed by atoms with Crippen molar-refractivity contribution in [2.24, 2.45) is 0 Å². The van der Waals surface area contributed by atoms with Crippen LogP contribution in [0, 0.1) is 13.8 Å². The zero-order chi connectivity index (χ0) is 16.9. The molecule has 0 spiro atoms. The van der Waals surface area contributed by atoms with Gasteiger partial charge >= 0.3 is 0 Å². The van der Waals surface area contributed by atoms with E-state index in [2.05, 4.69) is 94.2 Å². The van der Waals surface area contributed by atoms with E-state index in [9.17, 15) is 0 Å². The summed E-state index contributed by atoms with van der Waals surface area (Å²) in [6.07, 6.45) is 4.54. The van der Waals surface area contributed by atoms with Crippen LogP contribution in [0.4, 0.5) is 5.69 Å². The average Bonchev–Trinajstić information content (AvgIpc) is 2.60. The third-order valence-electron chi connectivity index (χ3n) is 4.73. The van der Waals surface area contributed by atoms with Crippen LogP contribution in [0.15, 0.2) is 53.0 Å². The van der Waals surface area contributed by atoms with Gasteiger partial charge in [0.15, 0.2) is 0 Å². The maximum Gasteiger partial charge on any atom is 0.0370 e. The maximum atomic E-state index is 3.58. The first kappa shape index (κ1) is 17.2. The molecule has 24 heavy (non-hydrogen) atoms. The van der Waals surface area contributed by atoms with Crippen LogP contribution < -0.4 is 4.90 Å². The Bertz CT molecular complexity index is 716. The van der Waals surface area contributed by atoms with Gasteiger partial charge in [0.05, 0.1) is 0 Å². The summed E-state index contributed by atoms with van der Waals surface area (Å²) < 4.78 is 1.19. The topological polar surface area (TPSA) is 6.48 Å². The molecule has 0 N–H and O–H groups in total. The Hall–Kier alpha value is -1.58. The van der Waals surface area contributed by atoms with E-state index in [-0.39, 0.29) is 0 Å². The summed E-state index contributed by atoms with van der Waals surface area (Å²) >= 11 is 3.58. The molecule has 2 aromatic carbocycles. The minimum atomic E-state index is 1.03. The van der Waals surface area contributed by atoms with Gasteiger partial charge in [0.2, 0.25) is 0 Å². The molecule has 0 radical (unpaired) electrons. The zero-order valence-electron chi connectivity index (χ0n) is 14.5. The molecule has 2 aromatic rings. The molecule has 0 saturated carbocycles. The molecular weight excluding hydrogens is 360 g/mol. The Kier molecular flexibility index (Phi) is 5.75. The van der Waals surface area contributed by atoms with Gasteiger partial charge in [-0.3, -0.25) is 4.90 Å². The van der Waals surface area contributed by atoms with E-state index in [1.165, 1.54) is 26.9 Å². The highest BCUT2D eigenvalue weighted by atomic mass is 79.9. The van der Waals surface area contributed by atoms with Crippen molar-refractivity contribution in [1.29, 1.82) is 0 Å². The van der Waals surface area contributed by atoms with Gasteiger partial charge in [-0.1, -0.05) is 52.3 Å². The quantitative estimate of drug-likeness (QED) is 0.739. The smallest absolute Gasteiger partial charge is 0.0370 e. The molecule has 0 atom stereocenters. The second kappa shape index (κ2) is 8.00. The standard InChI is InChI=1S/C21H25BrN2/c1-17-6-3-4-7-19(17)8-5-11-23-12-14-24(15-13-23)20-9-10-21(22)18(2)16-20/h3-10,16H,11-15H2,1-2H3/b8-5+. The Morgan fingerprint density at radius 3 is 2.42 bits per heavy atom. The largest absolute Gasteiger partial charge is 0.369 e. The van der Waals surface area contributed by atoms with Crippen molar-refractivity contribution in [1.82, 2.24) is 4.90 Å². The van der Waals surface area contributed by atoms with E-state index in [1.807, 2.05) is 0 Å². The van der Waals surface area contributed by atoms with Gasteiger partial charge < -0.3 is 4.90 Å². The van der Waals surface area contributed by atoms with Crippen LogP contribution in [-0.2, 0) is 0 Å². The van der Waals surface area contributed by atoms with E-state index >= 15 is 0 Å². The third-order valence-corrected chi connectivity index (χ3v) is 5.62. The van der Waals surface area contributed by atoms with Gasteiger partial charge in [-0.15, -0.1) is 0 Å². The molecule has 3 heteroatoms. The van der Waals surface area contributed by atoms with Crippen LogP contribution in [0.25, 0.3) is 6.08 Å². The van der Waals surface area contributed by atoms with Crippen molar-refractivity contribution in [3.05, 3.63) is 69.7 Å². The number of rotatable bonds is 4. The van der Waals surface area contributed by atoms with Gasteiger partial charge in [0.1, 0.15) is 0 Å². The molecule has 1 heterocycles. The van der Waals surface area contributed by atoms with E-state index < -0.39 is 0 Å². The van der Waals surface area contributed by atoms with Crippen molar-refractivity contribution in [2.45, 2.75) is 13.8 Å². The highest BCUT2D eigenvalue weighted by molar-refractivity contribution is 9.10. The number of piperazine rings is 1. The van der Waals surface area contributed by atoms with Gasteiger partial charge in [0.25, 0.3) is 0 Å². The Morgan fingerprint density at radius 1 is 0.958 bits per heavy atom. The summed E-state index contributed by atoms with van der Waals surface area (Å²) in [4.78, 5) is 5.01. The molecule has 126 valence electrons. The summed E-state index contributed by atoms with van der Waals surface area (Å²) in [6.45, 7) is 9.78. The maximum absolute atomic E-state index is 3.58. The fourth-order valence-corrected chi connectivity index (χ4v) is 3.36. The third kappa shape index (κ3) is 4.28. The van der Waals surface area contributed by atoms with Crippen LogP contribution in [-0.4, -0.2) is 37.6 Å². The normalized spacial score (nSPS) is 16.0. The van der Waals surface area contributed by atoms with Crippen LogP contribution >= 0.6 is 15.9 Å². The van der Waals surface area contributed by atoms with Crippen molar-refractivity contribution in [3.63, 3.8) is 0 Å². The number of benzene rings is 2. The first-order chi connectivity index (χ1) is 11.6. The van der Waals surface area contributed by atoms with E-state index in [1.54, 1.807) is 0 Å². The molecule has 0 bridgehead atoms. The highest BCUT2D eigenvalue weighted by Crippen LogP contribution is 2.23. The summed E-state index contributed by atoms with van der Waals surface area (Å²) in [5, 5.41) is 0. The molecule has 1 aliphatic heterocycles. The first-order valence-corrected chi connectivity index (χ1v) is 9.38. The van der Waals surface area contributed by atoms with Crippen molar-refractivity contribution in [3.8, 4) is 0 Å². The Balaban J connectivity index is 1.52. The summed E-state index contributed by atoms with van der Waals surface area (Å²) in [5.74, 6) is 0. The van der Waals surface area contributed by atoms with E-state index in [4.69, 9.17) is 0 Å². The van der Waals surface area contributed by atoms with Crippen molar-refractivity contribution in [2.75, 3.05) is 37.6 Å². The fourth-order valence-electron chi connectivity index (χ4n) is 3.12. The van der Waals surface area contributed by atoms with Crippen LogP contribution in [0.5, 0.6) is 0 Å². The van der Waals surface area contributed by atoms with Crippen LogP contribution in [0.1, 0.15) is 16.7 Å². The van der Waals surface area contributed by atoms with Crippen LogP contribution in [0.3, 0.4) is 0 Å². The predicted molar refractivity (Wildman–Crippen MR) is 108 cm³/mol. The Labute approximate surface area is 153 Å². The number of halogens is 1. The van der Waals surface area contributed by atoms with Gasteiger partial charge in [-0.25, -0.2) is 0 Å². The lowest BCUT2D eigenvalue weighted by molar-refractivity contribution is 0.284. The zero-order valence-corrected chi connectivity index (χ0v) is 16.1. The van der Waals surface area contributed by atoms with Gasteiger partial charge in [-0.2, -0.15) is 0 Å². The summed E-state index contributed by atoms with van der Waals surface area (Å²) in [7, 11) is 0. The van der Waals surface area contributed by atoms with Crippen molar-refractivity contribution >= 4 is 27.7 Å². The highest BCUT2D eigenvalue weighted by Gasteiger charge is 2.16. The lowest BCUT2D eigenvalue weighted by Crippen LogP contribution is -2.46. The number of hydrogen-bond acceptors (Lipinski definition) is 2. The van der Waals surface area contributed by atoms with E-state index in [0.717, 1.165) is 32.7 Å². The molecule has 1 saturated heterocycles. The minimum absolute atomic E-state index is 1.03. The second-order valence-electron chi connectivity index (χ2n) is 6.48. The Morgan fingerprint density at radius 2 is 1.71 bits per heavy atom. The number of hydrogen-bond donors (Lipinski definition) is 0. The average molecular weight is 385 g/mol. The van der Waals surface area contributed by atoms with Gasteiger partial charge in [-0.05, 0) is 48.7 Å². The van der Waals surface area contributed by atoms with Crippen LogP contribution in [0.2, 0.25) is 0 Å². The molecule has 2 nitrogen and oxygen atoms in total. The molecule has 0 aliphatic carbocycles. The lowest BCUT2D eigenvalue weighted by Gasteiger charge is -2.35. The molecular formula is C21H25BrN2. The predicted octanol–water partition coefficient (Wildman–Crippen LogP) is 4.90. The summed E-state index contributed by atoms with van der Waals surface area (Å²) in [5.41, 5.74) is 5.30. The molecule has 0 unspecified atom stereocenters. The molecule has 0 aromatic heterocycles. The van der Waals surface area contributed by atoms with E-state index in [0.29, 0.717) is 0 Å². The minimum Gasteiger partial charge on any atom is -0.369 e.